The largest absolute Gasteiger partial charge is 1.00 e. The van der Waals surface area contributed by atoms with Gasteiger partial charge in [0.1, 0.15) is 0 Å². The van der Waals surface area contributed by atoms with Gasteiger partial charge in [0.25, 0.3) is 0 Å². The summed E-state index contributed by atoms with van der Waals surface area (Å²) < 4.78 is 1.37. The van der Waals surface area contributed by atoms with Crippen LogP contribution in [0.3, 0.4) is 0 Å². The van der Waals surface area contributed by atoms with Crippen molar-refractivity contribution in [2.45, 2.75) is 54.9 Å². The van der Waals surface area contributed by atoms with E-state index in [-0.39, 0.29) is 24.8 Å². The molecule has 0 spiro atoms. The van der Waals surface area contributed by atoms with Crippen LogP contribution in [0.15, 0.2) is 115 Å². The Balaban J connectivity index is 0.000000312. The molecule has 1 aliphatic carbocycles. The second-order valence-electron chi connectivity index (χ2n) is 12.3. The fourth-order valence-corrected chi connectivity index (χ4v) is 6.87. The maximum atomic E-state index is 2.99. The van der Waals surface area contributed by atoms with E-state index in [0.29, 0.717) is 0 Å². The Kier molecular flexibility index (Phi) is 13.9. The molecular weight excluding hydrogens is 647 g/mol. The summed E-state index contributed by atoms with van der Waals surface area (Å²) in [5.41, 5.74) is 14.7. The van der Waals surface area contributed by atoms with Crippen LogP contribution < -0.4 is 24.8 Å². The van der Waals surface area contributed by atoms with Crippen molar-refractivity contribution < 1.29 is 44.8 Å². The van der Waals surface area contributed by atoms with E-state index in [0.717, 1.165) is 6.42 Å². The monoisotopic (exact) mass is 688 g/mol. The van der Waals surface area contributed by atoms with E-state index in [1.54, 1.807) is 0 Å². The van der Waals surface area contributed by atoms with Crippen LogP contribution in [0.2, 0.25) is 0 Å². The standard InChI is InChI=1S/C31H29.C8H8.C5H5.2ClH.Ti/c1-18-11-20(3)30(21(4)12-18)26-9-7-24-15-25-8-10-27(17-29(25)28(24)16-26)31-22(5)13-19(2)14-23(31)6;1-2-8-6-4-3-5-7-8;1-2-4-5-3-1;;;/h7-17H,1-6H3;3-7H,1H3;1-3H,4H2;2*1H;/q-1;;-1;;;+2/p-2. The van der Waals surface area contributed by atoms with Gasteiger partial charge in [-0.1, -0.05) is 59.7 Å². The van der Waals surface area contributed by atoms with E-state index in [4.69, 9.17) is 0 Å². The van der Waals surface area contributed by atoms with Gasteiger partial charge in [-0.3, -0.25) is 6.08 Å². The van der Waals surface area contributed by atoms with Gasteiger partial charge in [-0.25, -0.2) is 12.2 Å². The molecule has 238 valence electrons. The van der Waals surface area contributed by atoms with E-state index in [2.05, 4.69) is 172 Å². The molecule has 0 amide bonds. The van der Waals surface area contributed by atoms with Crippen molar-refractivity contribution in [3.8, 4) is 22.3 Å². The van der Waals surface area contributed by atoms with Crippen LogP contribution in [0.4, 0.5) is 0 Å². The number of rotatable bonds is 3. The van der Waals surface area contributed by atoms with Crippen molar-refractivity contribution in [1.82, 2.24) is 0 Å². The fraction of sp³-hybridized carbons (Fsp3) is 0.182. The van der Waals surface area contributed by atoms with E-state index in [1.807, 2.05) is 18.2 Å². The molecule has 0 bridgehead atoms. The Bertz CT molecular complexity index is 1890. The molecule has 0 N–H and O–H groups in total. The minimum absolute atomic E-state index is 0. The number of allylic oxidation sites excluding steroid dienone is 4. The van der Waals surface area contributed by atoms with Crippen molar-refractivity contribution >= 4 is 25.4 Å². The molecule has 0 atom stereocenters. The minimum Gasteiger partial charge on any atom is -1.00 e. The number of fused-ring (bicyclic) bond motifs is 3. The van der Waals surface area contributed by atoms with Gasteiger partial charge in [0.2, 0.25) is 0 Å². The van der Waals surface area contributed by atoms with Crippen molar-refractivity contribution in [1.29, 1.82) is 0 Å². The summed E-state index contributed by atoms with van der Waals surface area (Å²) in [5, 5.41) is 5.32. The number of halogens is 2. The summed E-state index contributed by atoms with van der Waals surface area (Å²) in [7, 11) is 0. The molecule has 0 aliphatic heterocycles. The number of aryl methyl sites for hydroxylation is 6. The molecule has 47 heavy (non-hydrogen) atoms. The van der Waals surface area contributed by atoms with E-state index < -0.39 is 0 Å². The summed E-state index contributed by atoms with van der Waals surface area (Å²) in [6.07, 6.45) is 10.0. The molecule has 0 saturated carbocycles. The molecule has 6 aromatic carbocycles. The zero-order valence-electron chi connectivity index (χ0n) is 28.4. The van der Waals surface area contributed by atoms with Crippen LogP contribution in [-0.2, 0) is 20.0 Å². The quantitative estimate of drug-likeness (QED) is 0.159. The van der Waals surface area contributed by atoms with Crippen LogP contribution in [0.25, 0.3) is 43.8 Å². The second-order valence-corrected chi connectivity index (χ2v) is 13.5. The molecule has 1 aliphatic rings. The van der Waals surface area contributed by atoms with Crippen molar-refractivity contribution in [2.75, 3.05) is 0 Å². The first-order valence-electron chi connectivity index (χ1n) is 15.7. The SMILES string of the molecule is C[C](=[Ti+2])c1ccccc1.Cc1cc(C)c(-c2ccc3[cH-]c4ccc(-c5c(C)cc(C)cc5C)cc4c3c2)c(C)c1.[C-]1=CC=CC1.[Cl-].[Cl-]. The number of hydrogen-bond donors (Lipinski definition) is 0. The molecular formula is C44H42Cl2Ti-2. The zero-order valence-corrected chi connectivity index (χ0v) is 31.5. The van der Waals surface area contributed by atoms with Crippen LogP contribution in [0.5, 0.6) is 0 Å². The van der Waals surface area contributed by atoms with Gasteiger partial charge in [0.15, 0.2) is 0 Å². The third-order valence-corrected chi connectivity index (χ3v) is 8.88. The Labute approximate surface area is 305 Å². The Morgan fingerprint density at radius 2 is 1.06 bits per heavy atom. The predicted molar refractivity (Wildman–Crippen MR) is 194 cm³/mol. The maximum Gasteiger partial charge on any atom is -0.0138 e. The summed E-state index contributed by atoms with van der Waals surface area (Å²) >= 11 is 2.12. The number of hydrogen-bond acceptors (Lipinski definition) is 0. The van der Waals surface area contributed by atoms with Gasteiger partial charge in [-0.05, 0) is 86.1 Å². The van der Waals surface area contributed by atoms with Crippen molar-refractivity contribution in [3.63, 3.8) is 0 Å². The predicted octanol–water partition coefficient (Wildman–Crippen LogP) is 5.98. The van der Waals surface area contributed by atoms with Gasteiger partial charge in [0.05, 0.1) is 0 Å². The van der Waals surface area contributed by atoms with Gasteiger partial charge >= 0.3 is 66.6 Å². The van der Waals surface area contributed by atoms with Crippen LogP contribution in [-0.4, -0.2) is 3.81 Å². The van der Waals surface area contributed by atoms with Gasteiger partial charge in [-0.2, -0.15) is 6.08 Å². The molecule has 7 rings (SSSR count). The Morgan fingerprint density at radius 3 is 1.38 bits per heavy atom. The topological polar surface area (TPSA) is 0 Å². The Hall–Kier alpha value is -3.39. The van der Waals surface area contributed by atoms with Crippen LogP contribution in [0, 0.1) is 47.6 Å². The smallest absolute Gasteiger partial charge is 0.0138 e. The summed E-state index contributed by atoms with van der Waals surface area (Å²) in [5.74, 6) is 0. The van der Waals surface area contributed by atoms with E-state index in [1.165, 1.54) is 86.6 Å². The van der Waals surface area contributed by atoms with E-state index in [9.17, 15) is 0 Å². The molecule has 0 unspecified atom stereocenters. The normalized spacial score (nSPS) is 11.3. The van der Waals surface area contributed by atoms with E-state index >= 15 is 0 Å². The third-order valence-electron chi connectivity index (χ3n) is 8.43. The van der Waals surface area contributed by atoms with Gasteiger partial charge in [-0.15, -0.1) is 46.2 Å². The second kappa shape index (κ2) is 17.1. The zero-order chi connectivity index (χ0) is 32.1. The molecule has 0 aromatic heterocycles. The fourth-order valence-electron chi connectivity index (χ4n) is 6.61. The molecule has 0 fully saturated rings. The number of benzene rings is 5. The average Bonchev–Trinajstić information content (AvgIpc) is 3.69. The molecule has 0 nitrogen and oxygen atoms in total. The first-order chi connectivity index (χ1) is 21.6. The minimum atomic E-state index is 0. The van der Waals surface area contributed by atoms with Gasteiger partial charge < -0.3 is 24.8 Å². The van der Waals surface area contributed by atoms with Crippen LogP contribution in [0.1, 0.15) is 52.3 Å². The van der Waals surface area contributed by atoms with Crippen molar-refractivity contribution in [2.24, 2.45) is 0 Å². The average molecular weight is 690 g/mol. The van der Waals surface area contributed by atoms with Crippen LogP contribution >= 0.6 is 0 Å². The molecule has 6 aromatic rings. The molecule has 0 heterocycles. The maximum absolute atomic E-state index is 2.99. The summed E-state index contributed by atoms with van der Waals surface area (Å²) in [6, 6.07) is 35.8. The first-order valence-corrected chi connectivity index (χ1v) is 16.5. The third kappa shape index (κ3) is 9.16. The Morgan fingerprint density at radius 1 is 0.617 bits per heavy atom. The van der Waals surface area contributed by atoms with Crippen molar-refractivity contribution in [3.05, 3.63) is 160 Å². The summed E-state index contributed by atoms with van der Waals surface area (Å²) in [4.78, 5) is 0. The molecule has 0 saturated heterocycles. The summed E-state index contributed by atoms with van der Waals surface area (Å²) in [6.45, 7) is 15.4. The molecule has 0 radical (unpaired) electrons. The van der Waals surface area contributed by atoms with Gasteiger partial charge in [0, 0.05) is 0 Å². The molecule has 3 heteroatoms. The first kappa shape index (κ1) is 38.1.